The van der Waals surface area contributed by atoms with Gasteiger partial charge in [-0.25, -0.2) is 8.42 Å². The van der Waals surface area contributed by atoms with Crippen LogP contribution in [0.5, 0.6) is 0 Å². The summed E-state index contributed by atoms with van der Waals surface area (Å²) in [7, 11) is -3.65. The Bertz CT molecular complexity index is 600. The van der Waals surface area contributed by atoms with Crippen molar-refractivity contribution in [2.75, 3.05) is 6.54 Å². The maximum atomic E-state index is 12.7. The average Bonchev–Trinajstić information content (AvgIpc) is 3.20. The summed E-state index contributed by atoms with van der Waals surface area (Å²) in [6.07, 6.45) is 2.52. The zero-order valence-electron chi connectivity index (χ0n) is 11.1. The number of hydrogen-bond donors (Lipinski definition) is 1. The average molecular weight is 338 g/mol. The highest BCUT2D eigenvalue weighted by Gasteiger charge is 2.38. The minimum atomic E-state index is -3.65. The van der Waals surface area contributed by atoms with Crippen LogP contribution in [0.25, 0.3) is 0 Å². The summed E-state index contributed by atoms with van der Waals surface area (Å²) in [4.78, 5) is 0.0213. The first kappa shape index (κ1) is 16.0. The topological polar surface area (TPSA) is 57.6 Å². The van der Waals surface area contributed by atoms with Crippen LogP contribution in [0.1, 0.15) is 31.7 Å². The van der Waals surface area contributed by atoms with Crippen molar-refractivity contribution in [3.63, 3.8) is 0 Å². The van der Waals surface area contributed by atoms with Crippen LogP contribution < -0.4 is 0 Å². The molecule has 1 N–H and O–H groups in total. The van der Waals surface area contributed by atoms with Gasteiger partial charge in [-0.1, -0.05) is 30.1 Å². The van der Waals surface area contributed by atoms with E-state index in [2.05, 4.69) is 0 Å². The number of aliphatic hydroxyl groups is 1. The van der Waals surface area contributed by atoms with Gasteiger partial charge in [0.05, 0.1) is 11.6 Å². The van der Waals surface area contributed by atoms with Crippen molar-refractivity contribution < 1.29 is 13.5 Å². The van der Waals surface area contributed by atoms with E-state index < -0.39 is 16.6 Å². The lowest BCUT2D eigenvalue weighted by atomic mass is 10.2. The van der Waals surface area contributed by atoms with E-state index in [1.807, 2.05) is 6.92 Å². The maximum Gasteiger partial charge on any atom is 0.244 e. The molecule has 0 radical (unpaired) electrons. The second kappa shape index (κ2) is 6.20. The third kappa shape index (κ3) is 2.97. The number of aliphatic hydroxyl groups excluding tert-OH is 1. The van der Waals surface area contributed by atoms with E-state index >= 15 is 0 Å². The first-order valence-electron chi connectivity index (χ1n) is 6.53. The van der Waals surface area contributed by atoms with E-state index in [0.29, 0.717) is 6.54 Å². The quantitative estimate of drug-likeness (QED) is 0.867. The Hall–Kier alpha value is -0.330. The lowest BCUT2D eigenvalue weighted by Gasteiger charge is -2.22. The normalized spacial score (nSPS) is 15.8. The second-order valence-electron chi connectivity index (χ2n) is 4.84. The Morgan fingerprint density at radius 1 is 1.35 bits per heavy atom. The van der Waals surface area contributed by atoms with Gasteiger partial charge in [-0.2, -0.15) is 4.31 Å². The third-order valence-corrected chi connectivity index (χ3v) is 6.19. The number of nitrogens with zero attached hydrogens (tertiary/aromatic N) is 1. The van der Waals surface area contributed by atoms with E-state index in [1.165, 1.54) is 16.4 Å². The summed E-state index contributed by atoms with van der Waals surface area (Å²) in [5.74, 6) is 0. The van der Waals surface area contributed by atoms with E-state index in [4.69, 9.17) is 23.2 Å². The number of benzene rings is 1. The molecule has 1 aromatic rings. The summed E-state index contributed by atoms with van der Waals surface area (Å²) in [6.45, 7) is 2.02. The van der Waals surface area contributed by atoms with Gasteiger partial charge >= 0.3 is 0 Å². The van der Waals surface area contributed by atoms with Gasteiger partial charge in [-0.05, 0) is 31.4 Å². The molecule has 0 aliphatic heterocycles. The van der Waals surface area contributed by atoms with Crippen LogP contribution >= 0.6 is 23.2 Å². The molecular weight excluding hydrogens is 321 g/mol. The van der Waals surface area contributed by atoms with E-state index in [1.54, 1.807) is 0 Å². The molecule has 0 atom stereocenters. The van der Waals surface area contributed by atoms with Gasteiger partial charge in [-0.3, -0.25) is 0 Å². The van der Waals surface area contributed by atoms with Crippen molar-refractivity contribution in [3.8, 4) is 0 Å². The van der Waals surface area contributed by atoms with Crippen molar-refractivity contribution in [3.05, 3.63) is 27.7 Å². The predicted molar refractivity (Wildman–Crippen MR) is 79.6 cm³/mol. The fourth-order valence-corrected chi connectivity index (χ4v) is 4.78. The van der Waals surface area contributed by atoms with Gasteiger partial charge in [-0.15, -0.1) is 0 Å². The summed E-state index contributed by atoms with van der Waals surface area (Å²) in [5.41, 5.74) is 0.252. The highest BCUT2D eigenvalue weighted by Crippen LogP contribution is 2.37. The number of sulfonamides is 1. The summed E-state index contributed by atoms with van der Waals surface area (Å²) in [5, 5.41) is 9.56. The van der Waals surface area contributed by atoms with E-state index in [-0.39, 0.29) is 26.5 Å². The second-order valence-corrected chi connectivity index (χ2v) is 7.49. The lowest BCUT2D eigenvalue weighted by Crippen LogP contribution is -2.34. The Morgan fingerprint density at radius 2 is 2.00 bits per heavy atom. The van der Waals surface area contributed by atoms with Crippen LogP contribution in [0.2, 0.25) is 10.0 Å². The largest absolute Gasteiger partial charge is 0.392 e. The fourth-order valence-electron chi connectivity index (χ4n) is 2.13. The summed E-state index contributed by atoms with van der Waals surface area (Å²) < 4.78 is 26.9. The summed E-state index contributed by atoms with van der Waals surface area (Å²) >= 11 is 12.0. The predicted octanol–water partition coefficient (Wildman–Crippen LogP) is 3.05. The first-order valence-corrected chi connectivity index (χ1v) is 8.72. The monoisotopic (exact) mass is 337 g/mol. The molecule has 7 heteroatoms. The van der Waals surface area contributed by atoms with Gasteiger partial charge in [0.25, 0.3) is 0 Å². The Labute approximate surface area is 129 Å². The van der Waals surface area contributed by atoms with Crippen molar-refractivity contribution in [2.45, 2.75) is 43.7 Å². The smallest absolute Gasteiger partial charge is 0.244 e. The molecule has 1 aromatic carbocycles. The molecule has 0 aromatic heterocycles. The fraction of sp³-hybridized carbons (Fsp3) is 0.538. The molecule has 4 nitrogen and oxygen atoms in total. The molecule has 112 valence electrons. The Morgan fingerprint density at radius 3 is 2.50 bits per heavy atom. The van der Waals surface area contributed by atoms with Crippen molar-refractivity contribution in [1.29, 1.82) is 0 Å². The van der Waals surface area contributed by atoms with Crippen molar-refractivity contribution in [2.24, 2.45) is 0 Å². The molecule has 1 aliphatic carbocycles. The zero-order valence-corrected chi connectivity index (χ0v) is 13.5. The maximum absolute atomic E-state index is 12.7. The molecule has 0 bridgehead atoms. The van der Waals surface area contributed by atoms with E-state index in [9.17, 15) is 13.5 Å². The van der Waals surface area contributed by atoms with Gasteiger partial charge in [0.1, 0.15) is 4.90 Å². The van der Waals surface area contributed by atoms with E-state index in [0.717, 1.165) is 19.3 Å². The lowest BCUT2D eigenvalue weighted by molar-refractivity contribution is 0.281. The molecule has 1 saturated carbocycles. The molecule has 0 amide bonds. The van der Waals surface area contributed by atoms with Gasteiger partial charge in [0.2, 0.25) is 10.0 Å². The van der Waals surface area contributed by atoms with Crippen LogP contribution in [-0.4, -0.2) is 30.4 Å². The van der Waals surface area contributed by atoms with Crippen LogP contribution in [0.3, 0.4) is 0 Å². The molecule has 1 aliphatic rings. The van der Waals surface area contributed by atoms with Crippen LogP contribution in [0.4, 0.5) is 0 Å². The number of rotatable bonds is 6. The molecule has 0 saturated heterocycles. The number of hydrogen-bond acceptors (Lipinski definition) is 3. The highest BCUT2D eigenvalue weighted by atomic mass is 35.5. The zero-order chi connectivity index (χ0) is 14.9. The molecule has 0 unspecified atom stereocenters. The Balaban J connectivity index is 2.48. The van der Waals surface area contributed by atoms with Crippen LogP contribution in [0.15, 0.2) is 17.0 Å². The molecule has 0 heterocycles. The van der Waals surface area contributed by atoms with Crippen molar-refractivity contribution in [1.82, 2.24) is 4.31 Å². The molecule has 1 fully saturated rings. The minimum Gasteiger partial charge on any atom is -0.392 e. The molecule has 0 spiro atoms. The minimum absolute atomic E-state index is 0.0155. The van der Waals surface area contributed by atoms with Gasteiger partial charge < -0.3 is 5.11 Å². The molecule has 20 heavy (non-hydrogen) atoms. The van der Waals surface area contributed by atoms with Crippen LogP contribution in [-0.2, 0) is 16.6 Å². The van der Waals surface area contributed by atoms with Crippen LogP contribution in [0, 0.1) is 0 Å². The van der Waals surface area contributed by atoms with Crippen molar-refractivity contribution >= 4 is 33.2 Å². The standard InChI is InChI=1S/C13H17Cl2NO3S/c1-2-7-16(9-3-4-9)20(18,19)12-6-5-11(14)10(8-17)13(12)15/h5-6,9,17H,2-4,7-8H2,1H3. The van der Waals surface area contributed by atoms with Gasteiger partial charge in [0, 0.05) is 23.2 Å². The number of halogens is 2. The third-order valence-electron chi connectivity index (χ3n) is 3.29. The first-order chi connectivity index (χ1) is 9.43. The highest BCUT2D eigenvalue weighted by molar-refractivity contribution is 7.89. The summed E-state index contributed by atoms with van der Waals surface area (Å²) in [6, 6.07) is 2.94. The SMILES string of the molecule is CCCN(C1CC1)S(=O)(=O)c1ccc(Cl)c(CO)c1Cl. The molecular formula is C13H17Cl2NO3S. The molecule has 2 rings (SSSR count). The van der Waals surface area contributed by atoms with Gasteiger partial charge in [0.15, 0.2) is 0 Å². The Kier molecular flexibility index (Phi) is 4.97.